The molecule has 0 radical (unpaired) electrons. The van der Waals surface area contributed by atoms with Gasteiger partial charge in [0.15, 0.2) is 30.9 Å². The number of ether oxygens (including phenoxy) is 9. The first-order chi connectivity index (χ1) is 27.9. The lowest BCUT2D eigenvalue weighted by Gasteiger charge is -2.47. The molecule has 10 atom stereocenters. The number of unbranched alkanes of at least 4 members (excludes halogenated alkanes) is 1. The van der Waals surface area contributed by atoms with Crippen LogP contribution >= 0.6 is 0 Å². The van der Waals surface area contributed by atoms with Crippen LogP contribution in [0.15, 0.2) is 86.0 Å². The largest absolute Gasteiger partial charge is 0.463 e. The Morgan fingerprint density at radius 1 is 0.707 bits per heavy atom. The van der Waals surface area contributed by atoms with Crippen molar-refractivity contribution in [2.45, 2.75) is 114 Å². The minimum absolute atomic E-state index is 0.0369. The first kappa shape index (κ1) is 45.7. The molecule has 58 heavy (non-hydrogen) atoms. The fraction of sp³-hybridized carbons (Fsp3) is 0.500. The Hall–Kier alpha value is -4.97. The molecule has 0 unspecified atom stereocenters. The zero-order valence-corrected chi connectivity index (χ0v) is 33.1. The van der Waals surface area contributed by atoms with Gasteiger partial charge >= 0.3 is 23.9 Å². The Bertz CT molecular complexity index is 1660. The van der Waals surface area contributed by atoms with Gasteiger partial charge in [0.05, 0.1) is 31.4 Å². The quantitative estimate of drug-likeness (QED) is 0.0802. The molecule has 0 aromatic heterocycles. The van der Waals surface area contributed by atoms with Gasteiger partial charge in [-0.2, -0.15) is 0 Å². The van der Waals surface area contributed by atoms with E-state index in [9.17, 15) is 24.0 Å². The number of rotatable bonds is 21. The summed E-state index contributed by atoms with van der Waals surface area (Å²) < 4.78 is 54.1. The summed E-state index contributed by atoms with van der Waals surface area (Å²) >= 11 is 0. The molecule has 3 N–H and O–H groups in total. The number of hydrogen-bond donors (Lipinski definition) is 2. The second kappa shape index (κ2) is 23.4. The summed E-state index contributed by atoms with van der Waals surface area (Å²) in [5.41, 5.74) is 7.62. The minimum Gasteiger partial charge on any atom is -0.463 e. The third kappa shape index (κ3) is 13.9. The van der Waals surface area contributed by atoms with Gasteiger partial charge < -0.3 is 53.7 Å². The van der Waals surface area contributed by atoms with Gasteiger partial charge in [0.25, 0.3) is 0 Å². The van der Waals surface area contributed by atoms with Crippen LogP contribution in [0.2, 0.25) is 0 Å². The molecule has 2 fully saturated rings. The highest BCUT2D eigenvalue weighted by Gasteiger charge is 2.53. The standard InChI is InChI=1S/C42H54N2O14/c1-6-8-16-22-50-42-35(44-33(48)21-9-7-2)39(58-40(49)30-19-14-11-15-20-30)36(52-23-29-17-12-10-13-18-29)31(57-42)25-53-41-34(43)38(55-28(5)47)37(54-27(4)46)32(56-41)24-51-26(3)45/h6-7,10-15,17-20,31-32,34-39,41-42H,1-2,8-9,16,21-25,43H2,3-5H3,(H,44,48)/t31-,32-,34-,35-,36-,37-,38-,39-,41-,42-/m1/s1. The average molecular weight is 811 g/mol. The second-order valence-corrected chi connectivity index (χ2v) is 13.7. The predicted octanol–water partition coefficient (Wildman–Crippen LogP) is 3.45. The Morgan fingerprint density at radius 2 is 1.33 bits per heavy atom. The van der Waals surface area contributed by atoms with Crippen molar-refractivity contribution in [3.05, 3.63) is 97.1 Å². The van der Waals surface area contributed by atoms with Gasteiger partial charge in [-0.05, 0) is 37.0 Å². The molecule has 4 rings (SSSR count). The molecule has 2 aromatic rings. The SMILES string of the molecule is C=CCCCO[C@@H]1O[C@H](CO[C@@H]2O[C@H](COC(C)=O)[C@@H](OC(C)=O)[C@H](OC(C)=O)[C@H]2N)[C@@H](OCc2ccccc2)[C@H](OC(=O)c2ccccc2)[C@H]1NC(=O)CCC=C. The van der Waals surface area contributed by atoms with Crippen molar-refractivity contribution < 1.29 is 66.6 Å². The molecule has 0 saturated carbocycles. The van der Waals surface area contributed by atoms with E-state index in [4.69, 9.17) is 48.4 Å². The van der Waals surface area contributed by atoms with E-state index in [1.165, 1.54) is 6.92 Å². The number of hydrogen-bond acceptors (Lipinski definition) is 15. The van der Waals surface area contributed by atoms with Crippen molar-refractivity contribution in [3.63, 3.8) is 0 Å². The fourth-order valence-corrected chi connectivity index (χ4v) is 6.40. The van der Waals surface area contributed by atoms with E-state index in [1.807, 2.05) is 30.3 Å². The molecular weight excluding hydrogens is 756 g/mol. The molecule has 16 heteroatoms. The zero-order chi connectivity index (χ0) is 42.0. The second-order valence-electron chi connectivity index (χ2n) is 13.7. The molecule has 1 amide bonds. The molecule has 2 aliphatic heterocycles. The number of allylic oxidation sites excluding steroid dienone is 2. The molecule has 2 aromatic carbocycles. The van der Waals surface area contributed by atoms with Crippen molar-refractivity contribution in [3.8, 4) is 0 Å². The molecule has 2 aliphatic rings. The number of carbonyl (C=O) groups is 5. The summed E-state index contributed by atoms with van der Waals surface area (Å²) in [6.07, 6.45) is -4.63. The highest BCUT2D eigenvalue weighted by molar-refractivity contribution is 5.89. The Morgan fingerprint density at radius 3 is 1.97 bits per heavy atom. The Balaban J connectivity index is 1.73. The topological polar surface area (TPSA) is 206 Å². The van der Waals surface area contributed by atoms with Crippen LogP contribution in [0.25, 0.3) is 0 Å². The van der Waals surface area contributed by atoms with E-state index in [-0.39, 0.29) is 37.7 Å². The number of nitrogens with one attached hydrogen (secondary N) is 1. The van der Waals surface area contributed by atoms with Gasteiger partial charge in [0.1, 0.15) is 31.0 Å². The van der Waals surface area contributed by atoms with Gasteiger partial charge in [-0.15, -0.1) is 13.2 Å². The predicted molar refractivity (Wildman–Crippen MR) is 206 cm³/mol. The Labute approximate surface area is 338 Å². The third-order valence-corrected chi connectivity index (χ3v) is 9.09. The monoisotopic (exact) mass is 810 g/mol. The van der Waals surface area contributed by atoms with Gasteiger partial charge in [-0.25, -0.2) is 4.79 Å². The van der Waals surface area contributed by atoms with E-state index in [0.717, 1.165) is 19.4 Å². The van der Waals surface area contributed by atoms with E-state index in [2.05, 4.69) is 18.5 Å². The summed E-state index contributed by atoms with van der Waals surface area (Å²) in [7, 11) is 0. The van der Waals surface area contributed by atoms with Crippen molar-refractivity contribution >= 4 is 29.8 Å². The number of nitrogens with two attached hydrogens (primary N) is 1. The van der Waals surface area contributed by atoms with Crippen LogP contribution in [0.3, 0.4) is 0 Å². The number of carbonyl (C=O) groups excluding carboxylic acids is 5. The summed E-state index contributed by atoms with van der Waals surface area (Å²) in [4.78, 5) is 63.3. The first-order valence-corrected chi connectivity index (χ1v) is 19.1. The van der Waals surface area contributed by atoms with Crippen molar-refractivity contribution in [1.82, 2.24) is 5.32 Å². The van der Waals surface area contributed by atoms with Gasteiger partial charge in [-0.1, -0.05) is 60.7 Å². The summed E-state index contributed by atoms with van der Waals surface area (Å²) in [5.74, 6) is -3.15. The van der Waals surface area contributed by atoms with Crippen LogP contribution in [0.1, 0.15) is 62.4 Å². The third-order valence-electron chi connectivity index (χ3n) is 9.09. The first-order valence-electron chi connectivity index (χ1n) is 19.1. The summed E-state index contributed by atoms with van der Waals surface area (Å²) in [6, 6.07) is 15.3. The van der Waals surface area contributed by atoms with E-state index >= 15 is 0 Å². The normalized spacial score (nSPS) is 26.7. The fourth-order valence-electron chi connectivity index (χ4n) is 6.40. The molecular formula is C42H54N2O14. The molecule has 0 bridgehead atoms. The zero-order valence-electron chi connectivity index (χ0n) is 33.1. The van der Waals surface area contributed by atoms with E-state index in [1.54, 1.807) is 42.5 Å². The lowest BCUT2D eigenvalue weighted by atomic mass is 9.95. The lowest BCUT2D eigenvalue weighted by molar-refractivity contribution is -0.308. The van der Waals surface area contributed by atoms with Crippen LogP contribution in [0, 0.1) is 0 Å². The van der Waals surface area contributed by atoms with Crippen LogP contribution in [0.5, 0.6) is 0 Å². The maximum atomic E-state index is 13.8. The molecule has 0 spiro atoms. The minimum atomic E-state index is -1.36. The number of amides is 1. The smallest absolute Gasteiger partial charge is 0.338 e. The number of esters is 4. The van der Waals surface area contributed by atoms with Crippen molar-refractivity contribution in [2.75, 3.05) is 19.8 Å². The van der Waals surface area contributed by atoms with E-state index < -0.39 is 91.8 Å². The maximum Gasteiger partial charge on any atom is 0.338 e. The average Bonchev–Trinajstić information content (AvgIpc) is 3.20. The molecule has 16 nitrogen and oxygen atoms in total. The van der Waals surface area contributed by atoms with E-state index in [0.29, 0.717) is 19.3 Å². The summed E-state index contributed by atoms with van der Waals surface area (Å²) in [6.45, 7) is 10.5. The van der Waals surface area contributed by atoms with Crippen molar-refractivity contribution in [2.24, 2.45) is 5.73 Å². The van der Waals surface area contributed by atoms with Gasteiger partial charge in [0.2, 0.25) is 5.91 Å². The molecule has 0 aliphatic carbocycles. The molecule has 316 valence electrons. The Kier molecular flexibility index (Phi) is 18.5. The number of benzene rings is 2. The molecule has 2 saturated heterocycles. The highest BCUT2D eigenvalue weighted by atomic mass is 16.7. The van der Waals surface area contributed by atoms with Gasteiger partial charge in [-0.3, -0.25) is 19.2 Å². The lowest BCUT2D eigenvalue weighted by Crippen LogP contribution is -2.67. The highest BCUT2D eigenvalue weighted by Crippen LogP contribution is 2.32. The van der Waals surface area contributed by atoms with Crippen LogP contribution < -0.4 is 11.1 Å². The maximum absolute atomic E-state index is 13.8. The van der Waals surface area contributed by atoms with Crippen molar-refractivity contribution in [1.29, 1.82) is 0 Å². The van der Waals surface area contributed by atoms with Gasteiger partial charge in [0, 0.05) is 27.2 Å². The summed E-state index contributed by atoms with van der Waals surface area (Å²) in [5, 5.41) is 2.96. The molecule has 2 heterocycles. The van der Waals surface area contributed by atoms with Crippen LogP contribution in [0.4, 0.5) is 0 Å². The van der Waals surface area contributed by atoms with Crippen LogP contribution in [-0.4, -0.2) is 111 Å². The van der Waals surface area contributed by atoms with Crippen LogP contribution in [-0.2, 0) is 68.4 Å².